The summed E-state index contributed by atoms with van der Waals surface area (Å²) in [6.45, 7) is 6.27. The van der Waals surface area contributed by atoms with Crippen LogP contribution in [0.5, 0.6) is 11.8 Å². The molecule has 10 heteroatoms. The number of phenols is 1. The zero-order chi connectivity index (χ0) is 34.0. The molecule has 5 aliphatic rings. The van der Waals surface area contributed by atoms with Crippen LogP contribution in [-0.2, 0) is 4.74 Å². The van der Waals surface area contributed by atoms with Crippen molar-refractivity contribution in [2.45, 2.75) is 50.4 Å². The number of benzene rings is 2. The van der Waals surface area contributed by atoms with Crippen LogP contribution in [0.1, 0.15) is 39.6 Å². The summed E-state index contributed by atoms with van der Waals surface area (Å²) in [6, 6.07) is 5.20. The van der Waals surface area contributed by atoms with E-state index in [1.807, 2.05) is 4.90 Å². The van der Waals surface area contributed by atoms with Gasteiger partial charge in [-0.25, -0.2) is 8.78 Å². The maximum absolute atomic E-state index is 15.1. The molecule has 0 bridgehead atoms. The average Bonchev–Trinajstić information content (AvgIpc) is 3.93. The zero-order valence-corrected chi connectivity index (χ0v) is 26.0. The van der Waals surface area contributed by atoms with Crippen LogP contribution in [-0.4, -0.2) is 82.1 Å². The molecule has 2 aromatic heterocycles. The normalized spacial score (nSPS) is 28.5. The van der Waals surface area contributed by atoms with Crippen LogP contribution in [0.25, 0.3) is 32.9 Å². The fourth-order valence-corrected chi connectivity index (χ4v) is 8.59. The van der Waals surface area contributed by atoms with E-state index in [9.17, 15) is 12.2 Å². The van der Waals surface area contributed by atoms with Gasteiger partial charge in [-0.1, -0.05) is 24.1 Å². The lowest BCUT2D eigenvalue weighted by Crippen LogP contribution is -2.49. The average molecular weight is 638 g/mol. The minimum atomic E-state index is -2.18. The van der Waals surface area contributed by atoms with Gasteiger partial charge >= 0.3 is 6.01 Å². The van der Waals surface area contributed by atoms with Gasteiger partial charge in [0.05, 0.1) is 49.7 Å². The molecule has 0 amide bonds. The molecule has 9 rings (SSSR count). The Morgan fingerprint density at radius 1 is 1.26 bits per heavy atom. The van der Waals surface area contributed by atoms with Crippen LogP contribution in [0.3, 0.4) is 0 Å². The van der Waals surface area contributed by atoms with Gasteiger partial charge in [0.1, 0.15) is 30.1 Å². The van der Waals surface area contributed by atoms with Crippen LogP contribution in [0.2, 0.25) is 0 Å². The number of nitrogens with zero attached hydrogens (tertiary/aromatic N) is 5. The number of alkyl halides is 1. The van der Waals surface area contributed by atoms with E-state index >= 15 is 4.39 Å². The summed E-state index contributed by atoms with van der Waals surface area (Å²) in [4.78, 5) is 18.5. The van der Waals surface area contributed by atoms with E-state index in [0.717, 1.165) is 31.4 Å². The first-order valence-corrected chi connectivity index (χ1v) is 16.2. The molecule has 3 aliphatic heterocycles. The number of aromatic hydroxyl groups is 1. The van der Waals surface area contributed by atoms with Gasteiger partial charge in [-0.2, -0.15) is 9.97 Å². The summed E-state index contributed by atoms with van der Waals surface area (Å²) >= 11 is 0. The Morgan fingerprint density at radius 2 is 2.11 bits per heavy atom. The summed E-state index contributed by atoms with van der Waals surface area (Å²) < 4.78 is 61.2. The Labute approximate surface area is 274 Å². The van der Waals surface area contributed by atoms with Gasteiger partial charge in [-0.3, -0.25) is 9.88 Å². The molecule has 2 aliphatic carbocycles. The van der Waals surface area contributed by atoms with Crippen molar-refractivity contribution in [1.82, 2.24) is 19.9 Å². The largest absolute Gasteiger partial charge is 0.508 e. The number of rotatable bonds is 5. The number of fused-ring (bicyclic) bond motifs is 5. The van der Waals surface area contributed by atoms with Crippen molar-refractivity contribution in [2.75, 3.05) is 44.3 Å². The Kier molecular flexibility index (Phi) is 5.73. The molecule has 0 radical (unpaired) electrons. The van der Waals surface area contributed by atoms with E-state index in [0.29, 0.717) is 77.0 Å². The molecule has 8 nitrogen and oxygen atoms in total. The number of ether oxygens (including phenoxy) is 2. The van der Waals surface area contributed by atoms with Crippen molar-refractivity contribution in [1.29, 1.82) is 0 Å². The van der Waals surface area contributed by atoms with Crippen molar-refractivity contribution in [3.63, 3.8) is 0 Å². The fourth-order valence-electron chi connectivity index (χ4n) is 8.59. The lowest BCUT2D eigenvalue weighted by molar-refractivity contribution is 0.0649. The number of aryl methyl sites for hydroxylation is 1. The van der Waals surface area contributed by atoms with Crippen LogP contribution in [0.4, 0.5) is 14.6 Å². The lowest BCUT2D eigenvalue weighted by Gasteiger charge is -2.37. The highest BCUT2D eigenvalue weighted by molar-refractivity contribution is 6.04. The molecule has 3 saturated heterocycles. The molecule has 1 N–H and O–H groups in total. The smallest absolute Gasteiger partial charge is 0.319 e. The van der Waals surface area contributed by atoms with Crippen LogP contribution < -0.4 is 9.64 Å². The molecular weight excluding hydrogens is 600 g/mol. The first-order valence-electron chi connectivity index (χ1n) is 17.2. The second-order valence-corrected chi connectivity index (χ2v) is 13.8. The van der Waals surface area contributed by atoms with E-state index in [-0.39, 0.29) is 28.7 Å². The Hall–Kier alpha value is -4.33. The minimum Gasteiger partial charge on any atom is -0.508 e. The molecule has 5 heterocycles. The van der Waals surface area contributed by atoms with Gasteiger partial charge in [-0.15, -0.1) is 6.42 Å². The predicted molar refractivity (Wildman–Crippen MR) is 175 cm³/mol. The summed E-state index contributed by atoms with van der Waals surface area (Å²) in [5.41, 5.74) is 1.69. The third kappa shape index (κ3) is 4.15. The summed E-state index contributed by atoms with van der Waals surface area (Å²) in [6.07, 6.45) is 9.49. The maximum Gasteiger partial charge on any atom is 0.319 e. The number of pyridine rings is 1. The highest BCUT2D eigenvalue weighted by Crippen LogP contribution is 2.66. The third-order valence-electron chi connectivity index (χ3n) is 11.2. The number of phenolic OH excluding ortho intramolecular Hbond substituents is 1. The molecule has 4 aromatic rings. The van der Waals surface area contributed by atoms with E-state index in [4.69, 9.17) is 30.8 Å². The van der Waals surface area contributed by atoms with E-state index in [1.165, 1.54) is 18.2 Å². The maximum atomic E-state index is 15.1. The topological polar surface area (TPSA) is 83.8 Å². The molecule has 2 aromatic carbocycles. The molecule has 1 spiro atoms. The number of hydrogen-bond donors (Lipinski definition) is 1. The first kappa shape index (κ1) is 26.7. The number of anilines is 1. The van der Waals surface area contributed by atoms with E-state index in [1.54, 1.807) is 19.2 Å². The Morgan fingerprint density at radius 3 is 2.91 bits per heavy atom. The Bertz CT molecular complexity index is 2150. The number of terminal acetylenes is 1. The van der Waals surface area contributed by atoms with Gasteiger partial charge in [0.25, 0.3) is 0 Å². The van der Waals surface area contributed by atoms with Crippen LogP contribution in [0, 0.1) is 36.4 Å². The summed E-state index contributed by atoms with van der Waals surface area (Å²) in [5, 5.41) is 12.2. The molecule has 0 unspecified atom stereocenters. The van der Waals surface area contributed by atoms with E-state index < -0.39 is 30.1 Å². The van der Waals surface area contributed by atoms with Crippen molar-refractivity contribution < 1.29 is 26.1 Å². The van der Waals surface area contributed by atoms with Crippen molar-refractivity contribution in [3.8, 4) is 35.4 Å². The second-order valence-electron chi connectivity index (χ2n) is 13.8. The van der Waals surface area contributed by atoms with Gasteiger partial charge in [0, 0.05) is 41.7 Å². The van der Waals surface area contributed by atoms with Crippen LogP contribution in [0.15, 0.2) is 42.6 Å². The van der Waals surface area contributed by atoms with Crippen molar-refractivity contribution in [2.24, 2.45) is 11.3 Å². The predicted octanol–water partition coefficient (Wildman–Crippen LogP) is 5.72. The highest BCUT2D eigenvalue weighted by atomic mass is 19.1. The fraction of sp³-hybridized carbons (Fsp3) is 0.432. The zero-order valence-electron chi connectivity index (χ0n) is 28.0. The number of hydrogen-bond acceptors (Lipinski definition) is 8. The third-order valence-corrected chi connectivity index (χ3v) is 11.2. The standard InChI is InChI=1S/C37H35F2N5O3/c1-4-24-28(38)6-5-22-13-23(45)14-25(29(22)24)31-21(3)32-26(16-40-31)34(44-11-12-46-18-27-30(39)33(27)44)42-35(41-32)47-19-37-15-20(2)17-43(37)10-9-36(37)7-8-36/h1,5-6,13-14,16,27,30,33,45H,2,7-12,15,17-19H2,3H3/t27-,30-,33-,37-/m0/s1/i19D2. The van der Waals surface area contributed by atoms with Crippen molar-refractivity contribution in [3.05, 3.63) is 59.6 Å². The van der Waals surface area contributed by atoms with Gasteiger partial charge < -0.3 is 19.5 Å². The van der Waals surface area contributed by atoms with E-state index in [2.05, 4.69) is 17.4 Å². The molecule has 5 fully saturated rings. The first-order chi connectivity index (χ1) is 23.5. The molecular formula is C37H35F2N5O3. The SMILES string of the molecule is [2H]C([2H])(Oc1nc(N2CCOC[C@H]3[C@H](F)[C@H]32)c2cnc(-c3cc(O)cc4ccc(F)c(C#C)c34)c(C)c2n1)[C@]12CC(=C)CN1CCC21CC1. The monoisotopic (exact) mass is 637 g/mol. The van der Waals surface area contributed by atoms with Crippen LogP contribution >= 0.6 is 0 Å². The summed E-state index contributed by atoms with van der Waals surface area (Å²) in [7, 11) is 0. The second kappa shape index (κ2) is 10.1. The number of aromatic nitrogens is 3. The quantitative estimate of drug-likeness (QED) is 0.220. The lowest BCUT2D eigenvalue weighted by atomic mass is 9.80. The molecule has 4 atom stereocenters. The van der Waals surface area contributed by atoms with Crippen molar-refractivity contribution >= 4 is 27.5 Å². The van der Waals surface area contributed by atoms with Gasteiger partial charge in [0.2, 0.25) is 0 Å². The number of halogens is 2. The minimum absolute atomic E-state index is 0.0419. The van der Waals surface area contributed by atoms with Gasteiger partial charge in [-0.05, 0) is 68.2 Å². The molecule has 47 heavy (non-hydrogen) atoms. The molecule has 240 valence electrons. The van der Waals surface area contributed by atoms with Gasteiger partial charge in [0.15, 0.2) is 0 Å². The molecule has 2 saturated carbocycles. The highest BCUT2D eigenvalue weighted by Gasteiger charge is 2.67. The summed E-state index contributed by atoms with van der Waals surface area (Å²) in [5.74, 6) is 1.90. The Balaban J connectivity index is 1.24.